The normalized spacial score (nSPS) is 24.6. The summed E-state index contributed by atoms with van der Waals surface area (Å²) in [4.78, 5) is 46.5. The van der Waals surface area contributed by atoms with Crippen molar-refractivity contribution in [1.82, 2.24) is 15.1 Å². The number of ether oxygens (including phenoxy) is 1. The third kappa shape index (κ3) is 6.76. The smallest absolute Gasteiger partial charge is 0.255 e. The summed E-state index contributed by atoms with van der Waals surface area (Å²) in [5, 5.41) is 12.5. The van der Waals surface area contributed by atoms with Gasteiger partial charge in [-0.3, -0.25) is 19.7 Å². The molecule has 3 amide bonds. The molecule has 11 heteroatoms. The van der Waals surface area contributed by atoms with Crippen molar-refractivity contribution >= 4 is 29.1 Å². The molecule has 0 saturated carbocycles. The molecule has 58 heavy (non-hydrogen) atoms. The minimum atomic E-state index is -0.590. The fraction of sp³-hybridized carbons (Fsp3) is 0.426. The van der Waals surface area contributed by atoms with Crippen LogP contribution in [0.4, 0.5) is 15.8 Å². The maximum absolute atomic E-state index is 15.1. The van der Waals surface area contributed by atoms with Gasteiger partial charge < -0.3 is 29.4 Å². The number of hydrogen-bond acceptors (Lipinski definition) is 8. The number of imide groups is 1. The molecule has 4 aromatic carbocycles. The van der Waals surface area contributed by atoms with E-state index in [4.69, 9.17) is 4.74 Å². The van der Waals surface area contributed by atoms with Crippen molar-refractivity contribution in [2.24, 2.45) is 11.3 Å². The van der Waals surface area contributed by atoms with Gasteiger partial charge in [0, 0.05) is 91.5 Å². The number of nitrogens with zero attached hydrogens (tertiary/aromatic N) is 4. The number of carbonyl (C=O) groups excluding carboxylic acids is 3. The number of aromatic hydroxyl groups is 1. The van der Waals surface area contributed by atoms with E-state index in [0.29, 0.717) is 47.8 Å². The molecule has 10 nitrogen and oxygen atoms in total. The van der Waals surface area contributed by atoms with Gasteiger partial charge in [-0.2, -0.15) is 0 Å². The van der Waals surface area contributed by atoms with Gasteiger partial charge in [0.05, 0.1) is 6.61 Å². The Morgan fingerprint density at radius 1 is 0.810 bits per heavy atom. The second kappa shape index (κ2) is 14.8. The van der Waals surface area contributed by atoms with E-state index in [1.165, 1.54) is 37.4 Å². The minimum Gasteiger partial charge on any atom is -0.508 e. The molecule has 4 aromatic rings. The molecule has 6 aliphatic heterocycles. The summed E-state index contributed by atoms with van der Waals surface area (Å²) in [6.07, 6.45) is 5.39. The van der Waals surface area contributed by atoms with Crippen LogP contribution in [0, 0.1) is 17.2 Å². The van der Waals surface area contributed by atoms with E-state index in [2.05, 4.69) is 56.4 Å². The molecule has 1 spiro atoms. The molecule has 0 radical (unpaired) electrons. The Morgan fingerprint density at radius 3 is 2.33 bits per heavy atom. The average Bonchev–Trinajstić information content (AvgIpc) is 3.55. The average molecular weight is 784 g/mol. The molecule has 4 fully saturated rings. The summed E-state index contributed by atoms with van der Waals surface area (Å²) >= 11 is 0. The molecule has 300 valence electrons. The number of piperidine rings is 3. The zero-order valence-corrected chi connectivity index (χ0v) is 32.7. The van der Waals surface area contributed by atoms with Crippen molar-refractivity contribution in [3.8, 4) is 11.5 Å². The quantitative estimate of drug-likeness (QED) is 0.207. The third-order valence-corrected chi connectivity index (χ3v) is 14.0. The van der Waals surface area contributed by atoms with Gasteiger partial charge in [0.25, 0.3) is 5.91 Å². The van der Waals surface area contributed by atoms with Crippen molar-refractivity contribution in [1.29, 1.82) is 0 Å². The van der Waals surface area contributed by atoms with Crippen LogP contribution >= 0.6 is 0 Å². The van der Waals surface area contributed by atoms with E-state index < -0.39 is 6.04 Å². The summed E-state index contributed by atoms with van der Waals surface area (Å²) in [5.41, 5.74) is 7.07. The fourth-order valence-electron chi connectivity index (χ4n) is 10.7. The molecule has 6 aliphatic rings. The number of nitrogens with one attached hydrogen (secondary N) is 1. The maximum atomic E-state index is 15.1. The Hall–Kier alpha value is -5.42. The van der Waals surface area contributed by atoms with Gasteiger partial charge in [-0.25, -0.2) is 4.39 Å². The van der Waals surface area contributed by atoms with E-state index in [-0.39, 0.29) is 47.5 Å². The van der Waals surface area contributed by atoms with Crippen LogP contribution in [0.2, 0.25) is 0 Å². The molecule has 0 aromatic heterocycles. The van der Waals surface area contributed by atoms with Crippen LogP contribution in [0.3, 0.4) is 0 Å². The largest absolute Gasteiger partial charge is 0.508 e. The highest BCUT2D eigenvalue weighted by atomic mass is 19.1. The number of hydrogen-bond donors (Lipinski definition) is 2. The second-order valence-corrected chi connectivity index (χ2v) is 17.6. The molecular weight excluding hydrogens is 734 g/mol. The lowest BCUT2D eigenvalue weighted by molar-refractivity contribution is -0.136. The standard InChI is InChI=1S/C47H50FN5O5/c48-40-4-2-1-3-37(40)39-27-58-42-24-35(54)10-12-38(42)44(39)31-5-7-33(8-6-31)51-19-15-30(16-20-51)25-50-21-17-47(18-22-50)28-52(29-47)34-9-11-36-32(23-34)26-53(46(36)57)41-13-14-43(55)49-45(41)56/h1-12,23-24,30,39,41,44,54H,13-22,25-29H2,(H,49,55,56)/t39-,41+,44-/m1/s1. The molecular formula is C47H50FN5O5. The van der Waals surface area contributed by atoms with E-state index in [9.17, 15) is 19.5 Å². The SMILES string of the molecule is O=C1CC[C@H](N2Cc3cc(N4CC5(CCN(CC6CCN(c7ccc([C@@H]8c9ccc(O)cc9OC[C@@H]8c8ccccc8F)cc7)CC6)CC5)C4)ccc3C2=O)C(=O)N1. The number of benzene rings is 4. The number of fused-ring (bicyclic) bond motifs is 2. The third-order valence-electron chi connectivity index (χ3n) is 14.0. The van der Waals surface area contributed by atoms with Crippen LogP contribution in [0.1, 0.15) is 83.0 Å². The van der Waals surface area contributed by atoms with Gasteiger partial charge in [0.15, 0.2) is 0 Å². The number of amides is 3. The molecule has 0 aliphatic carbocycles. The summed E-state index contributed by atoms with van der Waals surface area (Å²) in [5.74, 6) is 0.220. The Morgan fingerprint density at radius 2 is 1.57 bits per heavy atom. The second-order valence-electron chi connectivity index (χ2n) is 17.6. The molecule has 4 saturated heterocycles. The highest BCUT2D eigenvalue weighted by molar-refractivity contribution is 6.05. The highest BCUT2D eigenvalue weighted by Crippen LogP contribution is 2.48. The van der Waals surface area contributed by atoms with Gasteiger partial charge in [-0.1, -0.05) is 36.4 Å². The van der Waals surface area contributed by atoms with Gasteiger partial charge in [0.2, 0.25) is 11.8 Å². The van der Waals surface area contributed by atoms with Crippen molar-refractivity contribution in [2.45, 2.75) is 62.9 Å². The first-order chi connectivity index (χ1) is 28.2. The Kier molecular flexibility index (Phi) is 9.38. The van der Waals surface area contributed by atoms with Crippen molar-refractivity contribution in [3.63, 3.8) is 0 Å². The van der Waals surface area contributed by atoms with Gasteiger partial charge >= 0.3 is 0 Å². The Balaban J connectivity index is 0.710. The minimum absolute atomic E-state index is 0.0985. The number of phenolic OH excluding ortho intramolecular Hbond substituents is 1. The van der Waals surface area contributed by atoms with Crippen LogP contribution in [0.5, 0.6) is 11.5 Å². The molecule has 0 bridgehead atoms. The number of anilines is 2. The van der Waals surface area contributed by atoms with Gasteiger partial charge in [-0.15, -0.1) is 0 Å². The Labute approximate surface area is 338 Å². The van der Waals surface area contributed by atoms with Crippen LogP contribution in [-0.4, -0.2) is 91.1 Å². The first kappa shape index (κ1) is 36.9. The summed E-state index contributed by atoms with van der Waals surface area (Å²) in [6, 6.07) is 26.5. The van der Waals surface area contributed by atoms with Crippen LogP contribution in [-0.2, 0) is 16.1 Å². The lowest BCUT2D eigenvalue weighted by atomic mass is 9.71. The first-order valence-corrected chi connectivity index (χ1v) is 21.0. The number of halogens is 1. The van der Waals surface area contributed by atoms with E-state index in [1.54, 1.807) is 23.1 Å². The molecule has 6 heterocycles. The summed E-state index contributed by atoms with van der Waals surface area (Å²) < 4.78 is 21.2. The summed E-state index contributed by atoms with van der Waals surface area (Å²) in [7, 11) is 0. The molecule has 10 rings (SSSR count). The van der Waals surface area contributed by atoms with E-state index >= 15 is 4.39 Å². The van der Waals surface area contributed by atoms with Crippen molar-refractivity contribution < 1.29 is 28.6 Å². The van der Waals surface area contributed by atoms with E-state index in [0.717, 1.165) is 68.2 Å². The number of carbonyl (C=O) groups is 3. The highest BCUT2D eigenvalue weighted by Gasteiger charge is 2.46. The van der Waals surface area contributed by atoms with Gasteiger partial charge in [0.1, 0.15) is 23.4 Å². The number of phenols is 1. The van der Waals surface area contributed by atoms with Crippen molar-refractivity contribution in [3.05, 3.63) is 119 Å². The predicted molar refractivity (Wildman–Crippen MR) is 219 cm³/mol. The first-order valence-electron chi connectivity index (χ1n) is 21.0. The lowest BCUT2D eigenvalue weighted by Crippen LogP contribution is -2.60. The molecule has 2 N–H and O–H groups in total. The summed E-state index contributed by atoms with van der Waals surface area (Å²) in [6.45, 7) is 8.32. The van der Waals surface area contributed by atoms with Crippen LogP contribution in [0.25, 0.3) is 0 Å². The predicted octanol–water partition coefficient (Wildman–Crippen LogP) is 6.42. The number of likely N-dealkylation sites (tertiary alicyclic amines) is 1. The molecule has 3 atom stereocenters. The maximum Gasteiger partial charge on any atom is 0.255 e. The monoisotopic (exact) mass is 783 g/mol. The fourth-order valence-corrected chi connectivity index (χ4v) is 10.7. The van der Waals surface area contributed by atoms with Crippen LogP contribution in [0.15, 0.2) is 84.9 Å². The van der Waals surface area contributed by atoms with Crippen LogP contribution < -0.4 is 19.9 Å². The number of rotatable bonds is 7. The van der Waals surface area contributed by atoms with Crippen molar-refractivity contribution in [2.75, 3.05) is 62.2 Å². The zero-order chi connectivity index (χ0) is 39.5. The van der Waals surface area contributed by atoms with E-state index in [1.807, 2.05) is 24.3 Å². The Bertz CT molecular complexity index is 2240. The molecule has 0 unspecified atom stereocenters. The van der Waals surface area contributed by atoms with Gasteiger partial charge in [-0.05, 0) is 110 Å². The lowest BCUT2D eigenvalue weighted by Gasteiger charge is -2.55. The zero-order valence-electron chi connectivity index (χ0n) is 32.7. The topological polar surface area (TPSA) is 106 Å².